The molecule has 0 bridgehead atoms. The van der Waals surface area contributed by atoms with Gasteiger partial charge in [-0.05, 0) is 0 Å². The van der Waals surface area contributed by atoms with Gasteiger partial charge >= 0.3 is 0 Å². The van der Waals surface area contributed by atoms with Gasteiger partial charge in [-0.15, -0.1) is 25.3 Å². The topological polar surface area (TPSA) is 0 Å². The summed E-state index contributed by atoms with van der Waals surface area (Å²) in [4.78, 5) is 1.52. The molecule has 0 aromatic heterocycles. The van der Waals surface area contributed by atoms with Crippen LogP contribution in [0.15, 0.2) is 9.79 Å². The van der Waals surface area contributed by atoms with Gasteiger partial charge in [-0.2, -0.15) is 0 Å². The molecule has 1 aromatic rings. The fourth-order valence-corrected chi connectivity index (χ4v) is 1.53. The van der Waals surface area contributed by atoms with Crippen molar-refractivity contribution in [2.75, 3.05) is 0 Å². The normalized spacial score (nSPS) is 8.20. The zero-order valence-electron chi connectivity index (χ0n) is 5.71. The minimum absolute atomic E-state index is 0. The summed E-state index contributed by atoms with van der Waals surface area (Å²) in [5, 5.41) is 0. The van der Waals surface area contributed by atoms with Gasteiger partial charge in [-0.25, -0.2) is 0 Å². The molecule has 0 nitrogen and oxygen atoms in total. The predicted octanol–water partition coefficient (Wildman–Crippen LogP) is 1.84. The van der Waals surface area contributed by atoms with E-state index in [-0.39, 0.29) is 103 Å². The van der Waals surface area contributed by atoms with Crippen molar-refractivity contribution in [3.8, 4) is 0 Å². The Hall–Kier alpha value is 3.89. The van der Waals surface area contributed by atoms with Gasteiger partial charge in [0.05, 0.1) is 9.02 Å². The first-order valence-electron chi connectivity index (χ1n) is 1.86. The molecule has 0 fully saturated rings. The summed E-state index contributed by atoms with van der Waals surface area (Å²) in [7, 11) is 0. The smallest absolute Gasteiger partial charge is 0.0714 e. The van der Waals surface area contributed by atoms with Crippen LogP contribution in [0.2, 0.25) is 0 Å². The van der Waals surface area contributed by atoms with Gasteiger partial charge in [0.1, 0.15) is 0 Å². The van der Waals surface area contributed by atoms with E-state index in [1.807, 2.05) is 0 Å². The largest absolute Gasteiger partial charge is 0.141 e. The minimum atomic E-state index is 0. The summed E-state index contributed by atoms with van der Waals surface area (Å²) >= 11 is 17.6. The average molecular weight is 257 g/mol. The summed E-state index contributed by atoms with van der Waals surface area (Å²) in [6, 6.07) is 0. The third kappa shape index (κ3) is 3.57. The van der Waals surface area contributed by atoms with Crippen LogP contribution in [0.1, 0.15) is 0 Å². The summed E-state index contributed by atoms with van der Waals surface area (Å²) in [6.45, 7) is 0. The molecule has 0 N–H and O–H groups in total. The summed E-state index contributed by atoms with van der Waals surface area (Å²) in [5.74, 6) is 0. The molecular formula is C4H2K2S4. The van der Waals surface area contributed by atoms with Gasteiger partial charge in [0.2, 0.25) is 0 Å². The summed E-state index contributed by atoms with van der Waals surface area (Å²) < 4.78 is 1.35. The van der Waals surface area contributed by atoms with Crippen molar-refractivity contribution in [1.82, 2.24) is 0 Å². The Labute approximate surface area is 166 Å². The fraction of sp³-hybridized carbons (Fsp3) is 0. The van der Waals surface area contributed by atoms with Crippen LogP contribution in [-0.4, -0.2) is 103 Å². The van der Waals surface area contributed by atoms with Gasteiger partial charge < -0.3 is 0 Å². The molecule has 2 radical (unpaired) electrons. The standard InChI is InChI=1S/C4H2S4.2K/c5-1-2(6)4(8)3(1)7;;/h5-6H;;. The van der Waals surface area contributed by atoms with Crippen molar-refractivity contribution >= 4 is 152 Å². The molecule has 0 amide bonds. The first-order chi connectivity index (χ1) is 3.64. The summed E-state index contributed by atoms with van der Waals surface area (Å²) in [6.07, 6.45) is 0. The zero-order chi connectivity index (χ0) is 6.31. The maximum absolute atomic E-state index is 4.78. The molecule has 0 aliphatic rings. The molecule has 0 atom stereocenters. The van der Waals surface area contributed by atoms with Crippen LogP contribution in [0, 0.1) is 9.02 Å². The van der Waals surface area contributed by atoms with Crippen LogP contribution in [0.5, 0.6) is 0 Å². The van der Waals surface area contributed by atoms with Crippen molar-refractivity contribution in [2.24, 2.45) is 0 Å². The zero-order valence-corrected chi connectivity index (χ0v) is 15.4. The Morgan fingerprint density at radius 2 is 1.00 bits per heavy atom. The van der Waals surface area contributed by atoms with Crippen molar-refractivity contribution in [2.45, 2.75) is 9.79 Å². The third-order valence-corrected chi connectivity index (χ3v) is 3.18. The Morgan fingerprint density at radius 3 is 1.10 bits per heavy atom. The van der Waals surface area contributed by atoms with Gasteiger partial charge in [-0.1, -0.05) is 24.4 Å². The predicted molar refractivity (Wildman–Crippen MR) is 56.5 cm³/mol. The molecule has 10 heavy (non-hydrogen) atoms. The van der Waals surface area contributed by atoms with E-state index in [1.54, 1.807) is 0 Å². The molecule has 0 aliphatic heterocycles. The molecule has 0 unspecified atom stereocenters. The Morgan fingerprint density at radius 1 is 0.800 bits per heavy atom. The molecule has 0 aliphatic carbocycles. The van der Waals surface area contributed by atoms with Crippen LogP contribution in [0.25, 0.3) is 0 Å². The monoisotopic (exact) mass is 256 g/mol. The minimum Gasteiger partial charge on any atom is -0.141 e. The van der Waals surface area contributed by atoms with Crippen molar-refractivity contribution in [3.05, 3.63) is 9.02 Å². The first-order valence-corrected chi connectivity index (χ1v) is 3.57. The molecule has 0 spiro atoms. The number of rotatable bonds is 0. The second kappa shape index (κ2) is 7.22. The van der Waals surface area contributed by atoms with Crippen molar-refractivity contribution < 1.29 is 0 Å². The van der Waals surface area contributed by atoms with Crippen LogP contribution >= 0.6 is 49.7 Å². The Bertz CT molecular complexity index is 255. The molecule has 44 valence electrons. The van der Waals surface area contributed by atoms with E-state index in [9.17, 15) is 0 Å². The van der Waals surface area contributed by atoms with Crippen LogP contribution in [-0.2, 0) is 0 Å². The van der Waals surface area contributed by atoms with Crippen molar-refractivity contribution in [1.29, 1.82) is 0 Å². The number of thiol groups is 2. The van der Waals surface area contributed by atoms with E-state index in [0.717, 1.165) is 9.79 Å². The number of hydrogen-bond acceptors (Lipinski definition) is 4. The van der Waals surface area contributed by atoms with E-state index >= 15 is 0 Å². The van der Waals surface area contributed by atoms with E-state index in [4.69, 9.17) is 24.4 Å². The SMILES string of the molecule is S=c1c(S)c(S)c1=S.[K].[K]. The van der Waals surface area contributed by atoms with Gasteiger partial charge in [0.25, 0.3) is 0 Å². The average Bonchev–Trinajstić information content (AvgIpc) is 1.83. The molecule has 0 saturated carbocycles. The quantitative estimate of drug-likeness (QED) is 0.413. The van der Waals surface area contributed by atoms with Crippen LogP contribution < -0.4 is 0 Å². The first kappa shape index (κ1) is 16.3. The molecule has 1 rings (SSSR count). The van der Waals surface area contributed by atoms with Crippen LogP contribution in [0.4, 0.5) is 0 Å². The maximum Gasteiger partial charge on any atom is 0.0714 e. The van der Waals surface area contributed by atoms with Gasteiger partial charge in [0.15, 0.2) is 0 Å². The van der Waals surface area contributed by atoms with Gasteiger partial charge in [-0.3, -0.25) is 0 Å². The summed E-state index contributed by atoms with van der Waals surface area (Å²) in [5.41, 5.74) is 0. The van der Waals surface area contributed by atoms with E-state index < -0.39 is 0 Å². The second-order valence-electron chi connectivity index (χ2n) is 1.36. The number of hydrogen-bond donors (Lipinski definition) is 2. The molecule has 0 heterocycles. The second-order valence-corrected chi connectivity index (χ2v) is 3.07. The fourth-order valence-electron chi connectivity index (χ4n) is 0.368. The Kier molecular flexibility index (Phi) is 11.8. The molecule has 6 heteroatoms. The van der Waals surface area contributed by atoms with Crippen LogP contribution in [0.3, 0.4) is 0 Å². The third-order valence-electron chi connectivity index (χ3n) is 0.861. The molecule has 0 saturated heterocycles. The Balaban J connectivity index is 0. The van der Waals surface area contributed by atoms with Gasteiger partial charge in [0, 0.05) is 113 Å². The van der Waals surface area contributed by atoms with E-state index in [0.29, 0.717) is 9.02 Å². The van der Waals surface area contributed by atoms with E-state index in [1.165, 1.54) is 0 Å². The molecule has 1 aromatic carbocycles. The maximum atomic E-state index is 4.78. The molecular weight excluding hydrogens is 255 g/mol. The van der Waals surface area contributed by atoms with Crippen molar-refractivity contribution in [3.63, 3.8) is 0 Å². The van der Waals surface area contributed by atoms with E-state index in [2.05, 4.69) is 25.3 Å².